The Morgan fingerprint density at radius 3 is 2.08 bits per heavy atom. The highest BCUT2D eigenvalue weighted by Crippen LogP contribution is 2.41. The van der Waals surface area contributed by atoms with Gasteiger partial charge < -0.3 is 0 Å². The van der Waals surface area contributed by atoms with Crippen molar-refractivity contribution in [3.05, 3.63) is 21.9 Å². The molecule has 1 heterocycles. The molecule has 0 N–H and O–H groups in total. The highest BCUT2D eigenvalue weighted by molar-refractivity contribution is 6.67. The highest BCUT2D eigenvalue weighted by Gasteiger charge is 2.30. The third kappa shape index (κ3) is 2.70. The van der Waals surface area contributed by atoms with Gasteiger partial charge in [-0.25, -0.2) is 4.98 Å². The van der Waals surface area contributed by atoms with Crippen molar-refractivity contribution in [1.82, 2.24) is 9.97 Å². The summed E-state index contributed by atoms with van der Waals surface area (Å²) in [5, 5.41) is -0.826. The summed E-state index contributed by atoms with van der Waals surface area (Å²) >= 11 is 27.1. The minimum atomic E-state index is -1.93. The van der Waals surface area contributed by atoms with Crippen LogP contribution in [-0.2, 0) is 3.79 Å². The zero-order valence-electron chi connectivity index (χ0n) is 5.66. The van der Waals surface area contributed by atoms with Gasteiger partial charge in [-0.15, -0.1) is 0 Å². The number of hydrogen-bond acceptors (Lipinski definition) is 2. The Kier molecular flexibility index (Phi) is 3.47. The van der Waals surface area contributed by atoms with Crippen LogP contribution in [0.25, 0.3) is 0 Å². The Morgan fingerprint density at radius 2 is 1.62 bits per heavy atom. The lowest BCUT2D eigenvalue weighted by molar-refractivity contribution is 0.577. The van der Waals surface area contributed by atoms with E-state index in [0.29, 0.717) is 0 Å². The summed E-state index contributed by atoms with van der Waals surface area (Å²) in [5.41, 5.74) is -0.281. The minimum Gasteiger partial charge on any atom is -0.217 e. The van der Waals surface area contributed by atoms with E-state index in [1.165, 1.54) is 0 Å². The van der Waals surface area contributed by atoms with Gasteiger partial charge in [-0.1, -0.05) is 46.4 Å². The molecule has 72 valence electrons. The SMILES string of the molecule is Fc1nc(Cl)nc(C(Cl)(Cl)Cl)c1Cl. The molecular weight excluding hydrogens is 284 g/mol. The van der Waals surface area contributed by atoms with Gasteiger partial charge in [0.25, 0.3) is 0 Å². The molecule has 13 heavy (non-hydrogen) atoms. The molecular formula is C5Cl5FN2. The van der Waals surface area contributed by atoms with E-state index in [2.05, 4.69) is 9.97 Å². The van der Waals surface area contributed by atoms with Crippen LogP contribution in [-0.4, -0.2) is 9.97 Å². The smallest absolute Gasteiger partial charge is 0.217 e. The Bertz CT molecular complexity index is 336. The molecule has 0 bridgehead atoms. The molecule has 2 nitrogen and oxygen atoms in total. The predicted octanol–water partition coefficient (Wildman–Crippen LogP) is 3.75. The second kappa shape index (κ2) is 3.91. The minimum absolute atomic E-state index is 0.281. The second-order valence-corrected chi connectivity index (χ2v) is 4.94. The van der Waals surface area contributed by atoms with Crippen LogP contribution in [0.3, 0.4) is 0 Å². The maximum atomic E-state index is 12.8. The molecule has 0 fully saturated rings. The van der Waals surface area contributed by atoms with E-state index >= 15 is 0 Å². The summed E-state index contributed by atoms with van der Waals surface area (Å²) in [4.78, 5) is 6.62. The first kappa shape index (κ1) is 11.5. The lowest BCUT2D eigenvalue weighted by atomic mass is 10.4. The van der Waals surface area contributed by atoms with Gasteiger partial charge in [-0.2, -0.15) is 9.37 Å². The number of rotatable bonds is 0. The molecule has 0 amide bonds. The molecule has 1 aromatic rings. The first-order chi connectivity index (χ1) is 5.82. The van der Waals surface area contributed by atoms with Crippen LogP contribution in [0.1, 0.15) is 5.69 Å². The average Bonchev–Trinajstić information content (AvgIpc) is 1.94. The number of alkyl halides is 3. The van der Waals surface area contributed by atoms with Gasteiger partial charge >= 0.3 is 0 Å². The maximum absolute atomic E-state index is 12.8. The number of nitrogens with zero attached hydrogens (tertiary/aromatic N) is 2. The topological polar surface area (TPSA) is 25.8 Å². The summed E-state index contributed by atoms with van der Waals surface area (Å²) in [5.74, 6) is -1.03. The standard InChI is InChI=1S/C5Cl5FN2/c6-1-2(5(8,9)10)12-4(7)13-3(1)11. The van der Waals surface area contributed by atoms with E-state index in [-0.39, 0.29) is 11.0 Å². The van der Waals surface area contributed by atoms with Crippen LogP contribution in [0.2, 0.25) is 10.3 Å². The molecule has 0 aliphatic heterocycles. The third-order valence-corrected chi connectivity index (χ3v) is 2.09. The van der Waals surface area contributed by atoms with E-state index in [1.807, 2.05) is 0 Å². The fourth-order valence-corrected chi connectivity index (χ4v) is 1.52. The molecule has 0 spiro atoms. The quantitative estimate of drug-likeness (QED) is 0.412. The monoisotopic (exact) mass is 282 g/mol. The Hall–Kier alpha value is 0.460. The van der Waals surface area contributed by atoms with Crippen molar-refractivity contribution >= 4 is 58.0 Å². The summed E-state index contributed by atoms with van der Waals surface area (Å²) in [6.45, 7) is 0. The molecule has 0 aliphatic carbocycles. The van der Waals surface area contributed by atoms with E-state index in [1.54, 1.807) is 0 Å². The van der Waals surface area contributed by atoms with Gasteiger partial charge in [0.05, 0.1) is 0 Å². The van der Waals surface area contributed by atoms with Crippen molar-refractivity contribution in [1.29, 1.82) is 0 Å². The number of hydrogen-bond donors (Lipinski definition) is 0. The first-order valence-corrected chi connectivity index (χ1v) is 4.67. The number of halogens is 6. The van der Waals surface area contributed by atoms with Crippen molar-refractivity contribution in [3.63, 3.8) is 0 Å². The zero-order valence-corrected chi connectivity index (χ0v) is 9.44. The molecule has 8 heteroatoms. The molecule has 0 aliphatic rings. The Labute approximate surface area is 97.9 Å². The summed E-state index contributed by atoms with van der Waals surface area (Å²) in [6.07, 6.45) is 0. The van der Waals surface area contributed by atoms with E-state index < -0.39 is 14.8 Å². The molecule has 0 aromatic carbocycles. The van der Waals surface area contributed by atoms with Gasteiger partial charge in [0.2, 0.25) is 15.0 Å². The van der Waals surface area contributed by atoms with Crippen molar-refractivity contribution in [2.75, 3.05) is 0 Å². The van der Waals surface area contributed by atoms with Crippen LogP contribution < -0.4 is 0 Å². The van der Waals surface area contributed by atoms with Gasteiger partial charge in [-0.05, 0) is 11.6 Å². The largest absolute Gasteiger partial charge is 0.236 e. The van der Waals surface area contributed by atoms with E-state index in [0.717, 1.165) is 0 Å². The van der Waals surface area contributed by atoms with E-state index in [4.69, 9.17) is 58.0 Å². The molecule has 0 radical (unpaired) electrons. The van der Waals surface area contributed by atoms with Gasteiger partial charge in [0.1, 0.15) is 10.7 Å². The van der Waals surface area contributed by atoms with Gasteiger partial charge in [-0.3, -0.25) is 0 Å². The van der Waals surface area contributed by atoms with Crippen molar-refractivity contribution < 1.29 is 4.39 Å². The van der Waals surface area contributed by atoms with Gasteiger partial charge in [0, 0.05) is 0 Å². The summed E-state index contributed by atoms with van der Waals surface area (Å²) < 4.78 is 10.9. The van der Waals surface area contributed by atoms with Crippen LogP contribution in [0.15, 0.2) is 0 Å². The molecule has 1 rings (SSSR count). The van der Waals surface area contributed by atoms with Crippen LogP contribution in [0.5, 0.6) is 0 Å². The lowest BCUT2D eigenvalue weighted by Crippen LogP contribution is -2.08. The predicted molar refractivity (Wildman–Crippen MR) is 51.2 cm³/mol. The van der Waals surface area contributed by atoms with Crippen molar-refractivity contribution in [2.24, 2.45) is 0 Å². The Morgan fingerprint density at radius 1 is 1.08 bits per heavy atom. The van der Waals surface area contributed by atoms with Crippen LogP contribution in [0, 0.1) is 5.95 Å². The number of aromatic nitrogens is 2. The molecule has 1 aromatic heterocycles. The summed E-state index contributed by atoms with van der Waals surface area (Å²) in [7, 11) is 0. The molecule has 0 saturated heterocycles. The normalized spacial score (nSPS) is 11.8. The third-order valence-electron chi connectivity index (χ3n) is 1.05. The fraction of sp³-hybridized carbons (Fsp3) is 0.200. The maximum Gasteiger partial charge on any atom is 0.236 e. The van der Waals surface area contributed by atoms with E-state index in [9.17, 15) is 4.39 Å². The highest BCUT2D eigenvalue weighted by atomic mass is 35.6. The molecule has 0 atom stereocenters. The molecule has 0 saturated carbocycles. The summed E-state index contributed by atoms with van der Waals surface area (Å²) in [6, 6.07) is 0. The van der Waals surface area contributed by atoms with Crippen LogP contribution in [0.4, 0.5) is 4.39 Å². The fourth-order valence-electron chi connectivity index (χ4n) is 0.582. The average molecular weight is 284 g/mol. The zero-order chi connectivity index (χ0) is 10.2. The first-order valence-electron chi connectivity index (χ1n) is 2.78. The van der Waals surface area contributed by atoms with Gasteiger partial charge in [0.15, 0.2) is 0 Å². The Balaban J connectivity index is 3.37. The van der Waals surface area contributed by atoms with Crippen molar-refractivity contribution in [3.8, 4) is 0 Å². The molecule has 0 unspecified atom stereocenters. The lowest BCUT2D eigenvalue weighted by Gasteiger charge is -2.11. The van der Waals surface area contributed by atoms with Crippen LogP contribution >= 0.6 is 58.0 Å². The van der Waals surface area contributed by atoms with Crippen molar-refractivity contribution in [2.45, 2.75) is 3.79 Å². The second-order valence-electron chi connectivity index (χ2n) is 1.94.